The second-order valence-corrected chi connectivity index (χ2v) is 28.5. The zero-order valence-electron chi connectivity index (χ0n) is 51.0. The molecule has 418 valence electrons. The topological polar surface area (TPSA) is 33.5 Å². The summed E-state index contributed by atoms with van der Waals surface area (Å²) in [6, 6.07) is 61.5. The van der Waals surface area contributed by atoms with Crippen molar-refractivity contribution in [1.29, 1.82) is 0 Å². The third kappa shape index (κ3) is 11.1. The summed E-state index contributed by atoms with van der Waals surface area (Å²) in [5, 5.41) is 2.26. The summed E-state index contributed by atoms with van der Waals surface area (Å²) in [7, 11) is 0. The van der Waals surface area contributed by atoms with Crippen LogP contribution < -0.4 is 14.5 Å². The molecule has 10 rings (SSSR count). The molecule has 0 saturated carbocycles. The molecule has 0 fully saturated rings. The Morgan fingerprint density at radius 2 is 0.938 bits per heavy atom. The van der Waals surface area contributed by atoms with Crippen LogP contribution in [0.15, 0.2) is 152 Å². The number of pyridine rings is 1. The SMILES string of the molecule is CC(C)(C)c1cc(N2[CH-]N(c3[c-]c(Oc4[c-]c5c(cc4)c4cc(C(C)(C)C)ccc4n5-c4cc(C(C)(C)C)ccn4)cc(C(C)(C)c4ccccc4)c3)c3cc(C(C)(C)C)c(C(C)(C)C)cc32)cc(C(C)(C)c2ccccc2)c1.[Pt]. The van der Waals surface area contributed by atoms with E-state index in [9.17, 15) is 0 Å². The number of aromatic nitrogens is 2. The minimum atomic E-state index is -0.411. The van der Waals surface area contributed by atoms with E-state index in [4.69, 9.17) is 9.72 Å². The molecule has 1 aliphatic heterocycles. The Labute approximate surface area is 494 Å². The van der Waals surface area contributed by atoms with Crippen LogP contribution in [0.2, 0.25) is 0 Å². The molecular weight excluding hydrogens is 1160 g/mol. The van der Waals surface area contributed by atoms with Gasteiger partial charge >= 0.3 is 0 Å². The molecule has 0 atom stereocenters. The van der Waals surface area contributed by atoms with Crippen molar-refractivity contribution in [3.05, 3.63) is 221 Å². The van der Waals surface area contributed by atoms with Crippen molar-refractivity contribution < 1.29 is 25.8 Å². The van der Waals surface area contributed by atoms with Crippen molar-refractivity contribution >= 4 is 44.6 Å². The number of anilines is 4. The minimum Gasteiger partial charge on any atom is -0.509 e. The van der Waals surface area contributed by atoms with E-state index >= 15 is 0 Å². The smallest absolute Gasteiger partial charge is 0.135 e. The van der Waals surface area contributed by atoms with Gasteiger partial charge in [0.1, 0.15) is 5.82 Å². The average molecular weight is 1240 g/mol. The summed E-state index contributed by atoms with van der Waals surface area (Å²) >= 11 is 0. The zero-order chi connectivity index (χ0) is 57.0. The van der Waals surface area contributed by atoms with Crippen LogP contribution in [0.25, 0.3) is 27.6 Å². The van der Waals surface area contributed by atoms with E-state index in [0.29, 0.717) is 11.5 Å². The summed E-state index contributed by atoms with van der Waals surface area (Å²) in [6.07, 6.45) is 1.93. The third-order valence-corrected chi connectivity index (χ3v) is 16.6. The molecule has 0 aliphatic carbocycles. The van der Waals surface area contributed by atoms with E-state index < -0.39 is 5.41 Å². The molecule has 0 bridgehead atoms. The van der Waals surface area contributed by atoms with Gasteiger partial charge in [0.05, 0.1) is 0 Å². The Bertz CT molecular complexity index is 3750. The Balaban J connectivity index is 0.00000774. The molecule has 7 aromatic carbocycles. The Hall–Kier alpha value is -6.42. The first-order valence-corrected chi connectivity index (χ1v) is 28.4. The first kappa shape index (κ1) is 58.2. The van der Waals surface area contributed by atoms with Gasteiger partial charge in [-0.15, -0.1) is 53.6 Å². The fourth-order valence-corrected chi connectivity index (χ4v) is 11.3. The number of ether oxygens (including phenoxy) is 1. The second-order valence-electron chi connectivity index (χ2n) is 28.5. The van der Waals surface area contributed by atoms with Crippen LogP contribution in [0.4, 0.5) is 22.7 Å². The fraction of sp³-hybridized carbons (Fsp3) is 0.351. The second kappa shape index (κ2) is 20.5. The van der Waals surface area contributed by atoms with Crippen LogP contribution in [-0.4, -0.2) is 9.55 Å². The molecule has 0 spiro atoms. The maximum Gasteiger partial charge on any atom is 0.135 e. The normalized spacial score (nSPS) is 13.7. The largest absolute Gasteiger partial charge is 0.509 e. The van der Waals surface area contributed by atoms with Gasteiger partial charge in [-0.05, 0) is 125 Å². The van der Waals surface area contributed by atoms with Gasteiger partial charge in [-0.1, -0.05) is 216 Å². The van der Waals surface area contributed by atoms with Gasteiger partial charge in [-0.3, -0.25) is 0 Å². The van der Waals surface area contributed by atoms with Crippen LogP contribution in [0.3, 0.4) is 0 Å². The molecule has 9 aromatic rings. The maximum atomic E-state index is 7.19. The van der Waals surface area contributed by atoms with E-state index in [1.165, 1.54) is 44.5 Å². The molecule has 0 amide bonds. The monoisotopic (exact) mass is 1240 g/mol. The molecule has 3 heterocycles. The molecule has 2 aromatic heterocycles. The molecule has 0 unspecified atom stereocenters. The number of benzene rings is 7. The van der Waals surface area contributed by atoms with E-state index in [2.05, 4.69) is 310 Å². The van der Waals surface area contributed by atoms with Gasteiger partial charge in [-0.2, -0.15) is 6.07 Å². The Morgan fingerprint density at radius 3 is 1.49 bits per heavy atom. The minimum absolute atomic E-state index is 0. The number of fused-ring (bicyclic) bond motifs is 4. The van der Waals surface area contributed by atoms with Gasteiger partial charge < -0.3 is 19.1 Å². The Morgan fingerprint density at radius 1 is 0.412 bits per heavy atom. The van der Waals surface area contributed by atoms with Gasteiger partial charge in [0.25, 0.3) is 0 Å². The molecule has 0 saturated heterocycles. The van der Waals surface area contributed by atoms with Gasteiger partial charge in [0.15, 0.2) is 0 Å². The molecule has 1 aliphatic rings. The summed E-state index contributed by atoms with van der Waals surface area (Å²) in [4.78, 5) is 9.80. The molecule has 0 N–H and O–H groups in total. The molecule has 5 nitrogen and oxygen atoms in total. The maximum absolute atomic E-state index is 7.19. The van der Waals surface area contributed by atoms with Crippen molar-refractivity contribution in [1.82, 2.24) is 9.55 Å². The number of nitrogens with zero attached hydrogens (tertiary/aromatic N) is 4. The summed E-state index contributed by atoms with van der Waals surface area (Å²) in [5.74, 6) is 2.06. The third-order valence-electron chi connectivity index (χ3n) is 16.6. The average Bonchev–Trinajstić information content (AvgIpc) is 4.15. The van der Waals surface area contributed by atoms with E-state index in [0.717, 1.165) is 55.9 Å². The van der Waals surface area contributed by atoms with Crippen molar-refractivity contribution in [3.63, 3.8) is 0 Å². The van der Waals surface area contributed by atoms with Crippen molar-refractivity contribution in [3.8, 4) is 17.3 Å². The molecule has 6 heteroatoms. The predicted molar refractivity (Wildman–Crippen MR) is 335 cm³/mol. The van der Waals surface area contributed by atoms with Gasteiger partial charge in [0.2, 0.25) is 0 Å². The number of hydrogen-bond acceptors (Lipinski definition) is 4. The van der Waals surface area contributed by atoms with Crippen LogP contribution >= 0.6 is 0 Å². The van der Waals surface area contributed by atoms with E-state index in [-0.39, 0.29) is 53.6 Å². The summed E-state index contributed by atoms with van der Waals surface area (Å²) in [5.41, 5.74) is 16.4. The predicted octanol–water partition coefficient (Wildman–Crippen LogP) is 20.1. The van der Waals surface area contributed by atoms with Gasteiger partial charge in [0, 0.05) is 66.8 Å². The van der Waals surface area contributed by atoms with Crippen LogP contribution in [0, 0.1) is 18.8 Å². The summed E-state index contributed by atoms with van der Waals surface area (Å²) < 4.78 is 9.45. The summed E-state index contributed by atoms with van der Waals surface area (Å²) in [6.45, 7) is 46.2. The van der Waals surface area contributed by atoms with E-state index in [1.807, 2.05) is 6.20 Å². The quantitative estimate of drug-likeness (QED) is 0.135. The fourth-order valence-electron chi connectivity index (χ4n) is 11.3. The first-order chi connectivity index (χ1) is 36.8. The number of hydrogen-bond donors (Lipinski definition) is 0. The van der Waals surface area contributed by atoms with Crippen molar-refractivity contribution in [2.24, 2.45) is 0 Å². The zero-order valence-corrected chi connectivity index (χ0v) is 53.3. The molecule has 0 radical (unpaired) electrons. The first-order valence-electron chi connectivity index (χ1n) is 28.4. The van der Waals surface area contributed by atoms with Crippen LogP contribution in [-0.2, 0) is 59.0 Å². The molecule has 80 heavy (non-hydrogen) atoms. The standard InChI is InChI=1S/C74H83N4O.Pt/c1-68(2,3)50-30-33-63-60(41-50)59-32-31-57(44-64(59)78(63)67-42-51(34-35-75-67)69(4,5)6)79-58-40-54(74(18,19)49-28-24-21-25-29-49)39-56(43-58)77-47-76(65-45-61(71(10,11)12)62(46-66(65)77)72(13,14)15)55-37-52(70(7,8)9)36-53(38-55)73(16,17)48-26-22-20-23-27-48;/h20-42,45-47H,1-19H3;/q-3;. The van der Waals surface area contributed by atoms with Gasteiger partial charge in [-0.25, -0.2) is 4.98 Å². The van der Waals surface area contributed by atoms with Crippen LogP contribution in [0.1, 0.15) is 182 Å². The number of rotatable bonds is 9. The van der Waals surface area contributed by atoms with Crippen LogP contribution in [0.5, 0.6) is 11.5 Å². The molecular formula is C74H83N4OPt-3. The van der Waals surface area contributed by atoms with Crippen molar-refractivity contribution in [2.75, 3.05) is 9.80 Å². The van der Waals surface area contributed by atoms with Crippen molar-refractivity contribution in [2.45, 2.75) is 169 Å². The Kier molecular flexibility index (Phi) is 14.9. The van der Waals surface area contributed by atoms with E-state index in [1.54, 1.807) is 0 Å².